The van der Waals surface area contributed by atoms with Crippen LogP contribution in [0.3, 0.4) is 0 Å². The van der Waals surface area contributed by atoms with Gasteiger partial charge in [0.15, 0.2) is 0 Å². The Morgan fingerprint density at radius 3 is 2.35 bits per heavy atom. The van der Waals surface area contributed by atoms with Crippen molar-refractivity contribution < 1.29 is 9.53 Å². The molecule has 5 nitrogen and oxygen atoms in total. The molecule has 0 saturated heterocycles. The molecule has 0 saturated carbocycles. The molecule has 1 heterocycles. The first-order valence-electron chi connectivity index (χ1n) is 10.4. The number of ether oxygens (including phenoxy) is 1. The summed E-state index contributed by atoms with van der Waals surface area (Å²) in [7, 11) is 1.52. The summed E-state index contributed by atoms with van der Waals surface area (Å²) < 4.78 is 5.29. The highest BCUT2D eigenvalue weighted by molar-refractivity contribution is 8.00. The number of aromatic nitrogens is 1. The van der Waals surface area contributed by atoms with Crippen LogP contribution < -0.4 is 10.1 Å². The summed E-state index contributed by atoms with van der Waals surface area (Å²) in [5.74, 6) is 0.308. The van der Waals surface area contributed by atoms with E-state index in [2.05, 4.69) is 11.4 Å². The first kappa shape index (κ1) is 23.4. The van der Waals surface area contributed by atoms with Crippen LogP contribution in [0.2, 0.25) is 5.02 Å². The maximum absolute atomic E-state index is 12.7. The summed E-state index contributed by atoms with van der Waals surface area (Å²) in [6, 6.07) is 28.7. The van der Waals surface area contributed by atoms with Gasteiger partial charge in [0.25, 0.3) is 0 Å². The number of carbonyl (C=O) groups is 1. The van der Waals surface area contributed by atoms with E-state index in [1.165, 1.54) is 18.9 Å². The average molecular weight is 486 g/mol. The lowest BCUT2D eigenvalue weighted by atomic mass is 9.99. The van der Waals surface area contributed by atoms with Crippen LogP contribution in [-0.2, 0) is 4.79 Å². The molecule has 0 spiro atoms. The monoisotopic (exact) mass is 485 g/mol. The van der Waals surface area contributed by atoms with Crippen molar-refractivity contribution in [3.8, 4) is 34.2 Å². The summed E-state index contributed by atoms with van der Waals surface area (Å²) >= 11 is 7.28. The van der Waals surface area contributed by atoms with Crippen molar-refractivity contribution in [2.45, 2.75) is 5.03 Å². The number of hydrogen-bond acceptors (Lipinski definition) is 5. The Labute approximate surface area is 207 Å². The molecule has 7 heteroatoms. The summed E-state index contributed by atoms with van der Waals surface area (Å²) in [5, 5.41) is 13.8. The van der Waals surface area contributed by atoms with Gasteiger partial charge in [-0.05, 0) is 29.8 Å². The van der Waals surface area contributed by atoms with Gasteiger partial charge >= 0.3 is 0 Å². The lowest BCUT2D eigenvalue weighted by molar-refractivity contribution is -0.113. The molecule has 4 rings (SSSR count). The first-order chi connectivity index (χ1) is 16.6. The molecule has 0 fully saturated rings. The van der Waals surface area contributed by atoms with Gasteiger partial charge in [-0.15, -0.1) is 0 Å². The number of nitrogens with zero attached hydrogens (tertiary/aromatic N) is 2. The molecular formula is C27H20ClN3O2S. The van der Waals surface area contributed by atoms with Gasteiger partial charge in [0.1, 0.15) is 16.8 Å². The number of amides is 1. The molecule has 0 aliphatic carbocycles. The number of methoxy groups -OCH3 is 1. The van der Waals surface area contributed by atoms with Crippen molar-refractivity contribution in [1.82, 2.24) is 4.98 Å². The van der Waals surface area contributed by atoms with E-state index in [-0.39, 0.29) is 11.7 Å². The number of halogens is 1. The zero-order valence-electron chi connectivity index (χ0n) is 18.3. The number of anilines is 1. The molecule has 1 N–H and O–H groups in total. The van der Waals surface area contributed by atoms with E-state index in [0.29, 0.717) is 27.0 Å². The van der Waals surface area contributed by atoms with E-state index < -0.39 is 0 Å². The summed E-state index contributed by atoms with van der Waals surface area (Å²) in [4.78, 5) is 17.5. The second-order valence-electron chi connectivity index (χ2n) is 7.26. The molecule has 3 aromatic carbocycles. The third kappa shape index (κ3) is 5.40. The van der Waals surface area contributed by atoms with Gasteiger partial charge in [-0.25, -0.2) is 4.98 Å². The lowest BCUT2D eigenvalue weighted by Crippen LogP contribution is -2.15. The largest absolute Gasteiger partial charge is 0.495 e. The highest BCUT2D eigenvalue weighted by atomic mass is 35.5. The standard InChI is InChI=1S/C27H20ClN3O2S/c1-33-25-13-12-20(28)14-24(25)30-26(32)17-34-27-22(16-29)21(18-8-4-2-5-9-18)15-23(31-27)19-10-6-3-7-11-19/h2-15H,17H2,1H3,(H,30,32). The van der Waals surface area contributed by atoms with E-state index in [0.717, 1.165) is 22.4 Å². The van der Waals surface area contributed by atoms with E-state index in [1.54, 1.807) is 18.2 Å². The maximum atomic E-state index is 12.7. The molecule has 34 heavy (non-hydrogen) atoms. The van der Waals surface area contributed by atoms with Crippen LogP contribution >= 0.6 is 23.4 Å². The minimum absolute atomic E-state index is 0.0593. The molecule has 0 radical (unpaired) electrons. The number of nitrogens with one attached hydrogen (secondary N) is 1. The molecule has 1 aromatic heterocycles. The van der Waals surface area contributed by atoms with Crippen LogP contribution in [0, 0.1) is 11.3 Å². The van der Waals surface area contributed by atoms with Gasteiger partial charge in [0.05, 0.1) is 29.8 Å². The van der Waals surface area contributed by atoms with E-state index in [9.17, 15) is 10.1 Å². The number of pyridine rings is 1. The Hall–Kier alpha value is -3.79. The van der Waals surface area contributed by atoms with Crippen LogP contribution in [0.15, 0.2) is 90.0 Å². The second-order valence-corrected chi connectivity index (χ2v) is 8.66. The number of hydrogen-bond donors (Lipinski definition) is 1. The number of carbonyl (C=O) groups excluding carboxylic acids is 1. The minimum atomic E-state index is -0.261. The maximum Gasteiger partial charge on any atom is 0.234 e. The van der Waals surface area contributed by atoms with E-state index in [4.69, 9.17) is 21.3 Å². The van der Waals surface area contributed by atoms with Gasteiger partial charge in [-0.3, -0.25) is 4.79 Å². The van der Waals surface area contributed by atoms with Gasteiger partial charge in [-0.1, -0.05) is 84.0 Å². The van der Waals surface area contributed by atoms with Gasteiger partial charge < -0.3 is 10.1 Å². The van der Waals surface area contributed by atoms with Crippen molar-refractivity contribution in [2.24, 2.45) is 0 Å². The predicted molar refractivity (Wildman–Crippen MR) is 137 cm³/mol. The van der Waals surface area contributed by atoms with Crippen molar-refractivity contribution in [1.29, 1.82) is 5.26 Å². The fourth-order valence-electron chi connectivity index (χ4n) is 3.43. The zero-order valence-corrected chi connectivity index (χ0v) is 19.9. The molecule has 0 atom stereocenters. The molecule has 0 aliphatic rings. The quantitative estimate of drug-likeness (QED) is 0.295. The molecule has 168 valence electrons. The third-order valence-corrected chi connectivity index (χ3v) is 6.24. The smallest absolute Gasteiger partial charge is 0.234 e. The normalized spacial score (nSPS) is 10.4. The lowest BCUT2D eigenvalue weighted by Gasteiger charge is -2.13. The van der Waals surface area contributed by atoms with Crippen molar-refractivity contribution in [2.75, 3.05) is 18.2 Å². The number of nitriles is 1. The average Bonchev–Trinajstić information content (AvgIpc) is 2.88. The van der Waals surface area contributed by atoms with Gasteiger partial charge in [0, 0.05) is 16.1 Å². The Bertz CT molecular complexity index is 1360. The van der Waals surface area contributed by atoms with Gasteiger partial charge in [0.2, 0.25) is 5.91 Å². The number of rotatable bonds is 7. The third-order valence-electron chi connectivity index (χ3n) is 5.03. The van der Waals surface area contributed by atoms with Crippen LogP contribution in [0.4, 0.5) is 5.69 Å². The van der Waals surface area contributed by atoms with Crippen molar-refractivity contribution in [3.05, 3.63) is 95.5 Å². The molecule has 1 amide bonds. The highest BCUT2D eigenvalue weighted by Gasteiger charge is 2.17. The highest BCUT2D eigenvalue weighted by Crippen LogP contribution is 2.34. The van der Waals surface area contributed by atoms with Crippen LogP contribution in [0.5, 0.6) is 5.75 Å². The van der Waals surface area contributed by atoms with E-state index in [1.807, 2.05) is 66.7 Å². The fourth-order valence-corrected chi connectivity index (χ4v) is 4.41. The Morgan fingerprint density at radius 2 is 1.71 bits per heavy atom. The van der Waals surface area contributed by atoms with Crippen LogP contribution in [0.1, 0.15) is 5.56 Å². The van der Waals surface area contributed by atoms with Crippen molar-refractivity contribution in [3.63, 3.8) is 0 Å². The molecule has 0 unspecified atom stereocenters. The number of benzene rings is 3. The Morgan fingerprint density at radius 1 is 1.03 bits per heavy atom. The minimum Gasteiger partial charge on any atom is -0.495 e. The summed E-state index contributed by atoms with van der Waals surface area (Å²) in [6.45, 7) is 0. The SMILES string of the molecule is COc1ccc(Cl)cc1NC(=O)CSc1nc(-c2ccccc2)cc(-c2ccccc2)c1C#N. The summed E-state index contributed by atoms with van der Waals surface area (Å²) in [5.41, 5.74) is 4.27. The van der Waals surface area contributed by atoms with Crippen molar-refractivity contribution >= 4 is 35.0 Å². The first-order valence-corrected chi connectivity index (χ1v) is 11.8. The molecule has 4 aromatic rings. The fraction of sp³-hybridized carbons (Fsp3) is 0.0741. The van der Waals surface area contributed by atoms with Crippen LogP contribution in [0.25, 0.3) is 22.4 Å². The summed E-state index contributed by atoms with van der Waals surface area (Å²) in [6.07, 6.45) is 0. The molecular weight excluding hydrogens is 466 g/mol. The van der Waals surface area contributed by atoms with Crippen LogP contribution in [-0.4, -0.2) is 23.8 Å². The Kier molecular flexibility index (Phi) is 7.48. The zero-order chi connectivity index (χ0) is 23.9. The van der Waals surface area contributed by atoms with Gasteiger partial charge in [-0.2, -0.15) is 5.26 Å². The second kappa shape index (κ2) is 10.9. The molecule has 0 bridgehead atoms. The predicted octanol–water partition coefficient (Wildman–Crippen LogP) is 6.68. The number of thioether (sulfide) groups is 1. The topological polar surface area (TPSA) is 75.0 Å². The Balaban J connectivity index is 1.66. The van der Waals surface area contributed by atoms with E-state index >= 15 is 0 Å². The molecule has 0 aliphatic heterocycles.